The predicted octanol–water partition coefficient (Wildman–Crippen LogP) is 1.77. The van der Waals surface area contributed by atoms with Crippen molar-refractivity contribution in [2.45, 2.75) is 33.1 Å². The van der Waals surface area contributed by atoms with Gasteiger partial charge in [0.1, 0.15) is 5.82 Å². The molecule has 7 heteroatoms. The molecule has 0 aliphatic carbocycles. The molecule has 17 heavy (non-hydrogen) atoms. The Morgan fingerprint density at radius 1 is 1.29 bits per heavy atom. The van der Waals surface area contributed by atoms with Gasteiger partial charge in [0, 0.05) is 13.1 Å². The first-order valence-corrected chi connectivity index (χ1v) is 5.59. The van der Waals surface area contributed by atoms with Crippen LogP contribution in [0.15, 0.2) is 0 Å². The van der Waals surface area contributed by atoms with Crippen LogP contribution in [-0.2, 0) is 19.3 Å². The Hall–Kier alpha value is -1.11. The SMILES string of the molecule is CC(C)CN1CCn2nc(C(F)(F)F)nc2C1. The lowest BCUT2D eigenvalue weighted by molar-refractivity contribution is -0.145. The molecule has 0 N–H and O–H groups in total. The van der Waals surface area contributed by atoms with Crippen LogP contribution in [0.1, 0.15) is 25.5 Å². The first kappa shape index (κ1) is 12.3. The summed E-state index contributed by atoms with van der Waals surface area (Å²) in [6.07, 6.45) is -4.45. The molecule has 0 unspecified atom stereocenters. The fraction of sp³-hybridized carbons (Fsp3) is 0.800. The van der Waals surface area contributed by atoms with Crippen molar-refractivity contribution < 1.29 is 13.2 Å². The van der Waals surface area contributed by atoms with E-state index in [9.17, 15) is 13.2 Å². The van der Waals surface area contributed by atoms with Crippen LogP contribution in [-0.4, -0.2) is 32.8 Å². The van der Waals surface area contributed by atoms with Crippen LogP contribution in [0.3, 0.4) is 0 Å². The van der Waals surface area contributed by atoms with Crippen molar-refractivity contribution in [3.63, 3.8) is 0 Å². The fourth-order valence-corrected chi connectivity index (χ4v) is 1.98. The zero-order valence-corrected chi connectivity index (χ0v) is 9.83. The number of hydrogen-bond donors (Lipinski definition) is 0. The van der Waals surface area contributed by atoms with Gasteiger partial charge in [-0.1, -0.05) is 13.8 Å². The molecule has 0 aromatic carbocycles. The monoisotopic (exact) mass is 248 g/mol. The molecule has 1 aliphatic rings. The molecule has 2 rings (SSSR count). The minimum Gasteiger partial charge on any atom is -0.294 e. The third kappa shape index (κ3) is 2.77. The van der Waals surface area contributed by atoms with Gasteiger partial charge in [-0.2, -0.15) is 13.2 Å². The second-order valence-electron chi connectivity index (χ2n) is 4.70. The summed E-state index contributed by atoms with van der Waals surface area (Å²) in [5.41, 5.74) is 0. The second kappa shape index (κ2) is 4.29. The highest BCUT2D eigenvalue weighted by atomic mass is 19.4. The molecule has 1 aliphatic heterocycles. The first-order chi connectivity index (χ1) is 7.86. The smallest absolute Gasteiger partial charge is 0.294 e. The van der Waals surface area contributed by atoms with Gasteiger partial charge in [0.25, 0.3) is 5.82 Å². The summed E-state index contributed by atoms with van der Waals surface area (Å²) in [5.74, 6) is -0.130. The number of halogens is 3. The van der Waals surface area contributed by atoms with Crippen LogP contribution >= 0.6 is 0 Å². The van der Waals surface area contributed by atoms with E-state index < -0.39 is 12.0 Å². The summed E-state index contributed by atoms with van der Waals surface area (Å²) in [6, 6.07) is 0. The molecule has 0 spiro atoms. The van der Waals surface area contributed by atoms with Crippen LogP contribution in [0.4, 0.5) is 13.2 Å². The van der Waals surface area contributed by atoms with Crippen molar-refractivity contribution >= 4 is 0 Å². The largest absolute Gasteiger partial charge is 0.453 e. The maximum atomic E-state index is 12.4. The third-order valence-electron chi connectivity index (χ3n) is 2.62. The zero-order valence-electron chi connectivity index (χ0n) is 9.83. The molecule has 96 valence electrons. The minimum absolute atomic E-state index is 0.407. The van der Waals surface area contributed by atoms with Gasteiger partial charge in [0.15, 0.2) is 0 Å². The number of aromatic nitrogens is 3. The summed E-state index contributed by atoms with van der Waals surface area (Å²) in [4.78, 5) is 5.67. The van der Waals surface area contributed by atoms with Gasteiger partial charge >= 0.3 is 6.18 Å². The van der Waals surface area contributed by atoms with Crippen LogP contribution in [0.2, 0.25) is 0 Å². The standard InChI is InChI=1S/C10H15F3N4/c1-7(2)5-16-3-4-17-8(6-16)14-9(15-17)10(11,12)13/h7H,3-6H2,1-2H3. The van der Waals surface area contributed by atoms with E-state index in [1.54, 1.807) is 0 Å². The number of alkyl halides is 3. The van der Waals surface area contributed by atoms with E-state index in [4.69, 9.17) is 0 Å². The first-order valence-electron chi connectivity index (χ1n) is 5.59. The van der Waals surface area contributed by atoms with E-state index >= 15 is 0 Å². The average molecular weight is 248 g/mol. The van der Waals surface area contributed by atoms with Crippen molar-refractivity contribution in [3.05, 3.63) is 11.6 Å². The Kier molecular flexibility index (Phi) is 3.11. The molecule has 2 heterocycles. The Balaban J connectivity index is 2.13. The highest BCUT2D eigenvalue weighted by molar-refractivity contribution is 4.98. The normalized spacial score (nSPS) is 17.5. The van der Waals surface area contributed by atoms with Crippen LogP contribution < -0.4 is 0 Å². The molecule has 0 radical (unpaired) electrons. The topological polar surface area (TPSA) is 34.0 Å². The van der Waals surface area contributed by atoms with E-state index in [-0.39, 0.29) is 0 Å². The Labute approximate surface area is 97.4 Å². The molecule has 0 saturated heterocycles. The van der Waals surface area contributed by atoms with E-state index in [0.29, 0.717) is 24.8 Å². The molecule has 0 amide bonds. The summed E-state index contributed by atoms with van der Waals surface area (Å²) in [6.45, 7) is 6.69. The van der Waals surface area contributed by atoms with Crippen molar-refractivity contribution in [1.82, 2.24) is 19.7 Å². The Bertz CT molecular complexity index is 397. The second-order valence-corrected chi connectivity index (χ2v) is 4.70. The molecule has 1 aromatic rings. The van der Waals surface area contributed by atoms with E-state index in [2.05, 4.69) is 28.8 Å². The molecule has 0 fully saturated rings. The zero-order chi connectivity index (χ0) is 12.6. The van der Waals surface area contributed by atoms with Gasteiger partial charge in [-0.25, -0.2) is 9.67 Å². The van der Waals surface area contributed by atoms with Gasteiger partial charge in [0.2, 0.25) is 0 Å². The van der Waals surface area contributed by atoms with Crippen molar-refractivity contribution in [1.29, 1.82) is 0 Å². The lowest BCUT2D eigenvalue weighted by Gasteiger charge is -2.27. The molecular formula is C10H15F3N4. The molecule has 0 atom stereocenters. The van der Waals surface area contributed by atoms with Crippen molar-refractivity contribution in [2.24, 2.45) is 5.92 Å². The number of hydrogen-bond acceptors (Lipinski definition) is 3. The molecule has 0 saturated carbocycles. The highest BCUT2D eigenvalue weighted by Gasteiger charge is 2.37. The maximum absolute atomic E-state index is 12.4. The summed E-state index contributed by atoms with van der Waals surface area (Å²) in [5, 5.41) is 3.49. The van der Waals surface area contributed by atoms with E-state index in [1.807, 2.05) is 0 Å². The molecule has 1 aromatic heterocycles. The predicted molar refractivity (Wildman–Crippen MR) is 55.1 cm³/mol. The summed E-state index contributed by atoms with van der Waals surface area (Å²) >= 11 is 0. The average Bonchev–Trinajstić information content (AvgIpc) is 2.58. The van der Waals surface area contributed by atoms with E-state index in [1.165, 1.54) is 4.68 Å². The van der Waals surface area contributed by atoms with Gasteiger partial charge in [-0.15, -0.1) is 5.10 Å². The van der Waals surface area contributed by atoms with Gasteiger partial charge in [0.05, 0.1) is 13.1 Å². The van der Waals surface area contributed by atoms with Gasteiger partial charge in [-0.3, -0.25) is 4.90 Å². The number of rotatable bonds is 2. The molecule has 0 bridgehead atoms. The van der Waals surface area contributed by atoms with Gasteiger partial charge in [-0.05, 0) is 5.92 Å². The fourth-order valence-electron chi connectivity index (χ4n) is 1.98. The lowest BCUT2D eigenvalue weighted by Crippen LogP contribution is -2.36. The van der Waals surface area contributed by atoms with Crippen molar-refractivity contribution in [2.75, 3.05) is 13.1 Å². The van der Waals surface area contributed by atoms with Crippen molar-refractivity contribution in [3.8, 4) is 0 Å². The van der Waals surface area contributed by atoms with Gasteiger partial charge < -0.3 is 0 Å². The Morgan fingerprint density at radius 2 is 2.00 bits per heavy atom. The quantitative estimate of drug-likeness (QED) is 0.800. The summed E-state index contributed by atoms with van der Waals surface area (Å²) < 4.78 is 38.6. The maximum Gasteiger partial charge on any atom is 0.453 e. The van der Waals surface area contributed by atoms with E-state index in [0.717, 1.165) is 13.1 Å². The highest BCUT2D eigenvalue weighted by Crippen LogP contribution is 2.27. The molecule has 4 nitrogen and oxygen atoms in total. The minimum atomic E-state index is -4.45. The number of fused-ring (bicyclic) bond motifs is 1. The summed E-state index contributed by atoms with van der Waals surface area (Å²) in [7, 11) is 0. The van der Waals surface area contributed by atoms with Crippen LogP contribution in [0.25, 0.3) is 0 Å². The van der Waals surface area contributed by atoms with Crippen LogP contribution in [0, 0.1) is 5.92 Å². The third-order valence-corrected chi connectivity index (χ3v) is 2.62. The number of nitrogens with zero attached hydrogens (tertiary/aromatic N) is 4. The van der Waals surface area contributed by atoms with Crippen LogP contribution in [0.5, 0.6) is 0 Å². The molecular weight excluding hydrogens is 233 g/mol. The lowest BCUT2D eigenvalue weighted by atomic mass is 10.2. The Morgan fingerprint density at radius 3 is 2.59 bits per heavy atom.